The van der Waals surface area contributed by atoms with Gasteiger partial charge in [-0.25, -0.2) is 4.98 Å². The molecule has 0 unspecified atom stereocenters. The van der Waals surface area contributed by atoms with E-state index in [0.29, 0.717) is 5.92 Å². The molecule has 6 heteroatoms. The minimum absolute atomic E-state index is 0.0302. The molecular formula is C11H15F3N2O. The fourth-order valence-electron chi connectivity index (χ4n) is 1.05. The lowest BCUT2D eigenvalue weighted by atomic mass is 10.2. The quantitative estimate of drug-likeness (QED) is 0.869. The van der Waals surface area contributed by atoms with E-state index in [2.05, 4.69) is 28.9 Å². The zero-order chi connectivity index (χ0) is 12.9. The number of alkyl halides is 3. The van der Waals surface area contributed by atoms with Gasteiger partial charge in [0.05, 0.1) is 11.9 Å². The van der Waals surface area contributed by atoms with E-state index in [1.165, 1.54) is 12.3 Å². The Morgan fingerprint density at radius 2 is 2.06 bits per heavy atom. The van der Waals surface area contributed by atoms with Crippen molar-refractivity contribution in [1.29, 1.82) is 0 Å². The molecule has 0 aliphatic heterocycles. The van der Waals surface area contributed by atoms with Crippen molar-refractivity contribution < 1.29 is 17.9 Å². The zero-order valence-corrected chi connectivity index (χ0v) is 9.71. The van der Waals surface area contributed by atoms with Crippen LogP contribution in [0.25, 0.3) is 0 Å². The van der Waals surface area contributed by atoms with Gasteiger partial charge in [-0.2, -0.15) is 13.2 Å². The summed E-state index contributed by atoms with van der Waals surface area (Å²) in [7, 11) is 0. The van der Waals surface area contributed by atoms with E-state index in [-0.39, 0.29) is 5.88 Å². The smallest absolute Gasteiger partial charge is 0.422 e. The maximum absolute atomic E-state index is 11.9. The largest absolute Gasteiger partial charge is 0.468 e. The summed E-state index contributed by atoms with van der Waals surface area (Å²) in [4.78, 5) is 3.77. The topological polar surface area (TPSA) is 34.1 Å². The second-order valence-corrected chi connectivity index (χ2v) is 4.06. The van der Waals surface area contributed by atoms with Crippen molar-refractivity contribution in [2.45, 2.75) is 20.0 Å². The summed E-state index contributed by atoms with van der Waals surface area (Å²) in [6, 6.07) is 3.05. The molecule has 1 N–H and O–H groups in total. The summed E-state index contributed by atoms with van der Waals surface area (Å²) >= 11 is 0. The van der Waals surface area contributed by atoms with Crippen molar-refractivity contribution in [2.75, 3.05) is 18.5 Å². The molecule has 1 aromatic heterocycles. The Kier molecular flexibility index (Phi) is 4.60. The number of ether oxygens (including phenoxy) is 1. The van der Waals surface area contributed by atoms with Gasteiger partial charge in [-0.3, -0.25) is 0 Å². The number of hydrogen-bond donors (Lipinski definition) is 1. The van der Waals surface area contributed by atoms with Crippen LogP contribution in [-0.2, 0) is 0 Å². The molecule has 17 heavy (non-hydrogen) atoms. The number of anilines is 1. The monoisotopic (exact) mass is 248 g/mol. The normalized spacial score (nSPS) is 11.6. The number of nitrogens with zero attached hydrogens (tertiary/aromatic N) is 1. The molecule has 0 amide bonds. The SMILES string of the molecule is CC(C)CNc1ccc(OCC(F)(F)F)nc1. The van der Waals surface area contributed by atoms with Crippen LogP contribution < -0.4 is 10.1 Å². The Balaban J connectivity index is 2.45. The summed E-state index contributed by atoms with van der Waals surface area (Å²) in [5, 5.41) is 3.10. The summed E-state index contributed by atoms with van der Waals surface area (Å²) in [5.41, 5.74) is 0.762. The maximum Gasteiger partial charge on any atom is 0.422 e. The Morgan fingerprint density at radius 1 is 1.35 bits per heavy atom. The van der Waals surface area contributed by atoms with E-state index >= 15 is 0 Å². The molecule has 1 aromatic rings. The van der Waals surface area contributed by atoms with Crippen LogP contribution in [0.15, 0.2) is 18.3 Å². The molecule has 0 aliphatic carbocycles. The number of pyridine rings is 1. The van der Waals surface area contributed by atoms with Crippen LogP contribution >= 0.6 is 0 Å². The first-order valence-corrected chi connectivity index (χ1v) is 5.26. The molecule has 0 fully saturated rings. The average Bonchev–Trinajstić information content (AvgIpc) is 2.24. The zero-order valence-electron chi connectivity index (χ0n) is 9.71. The van der Waals surface area contributed by atoms with Crippen molar-refractivity contribution >= 4 is 5.69 Å². The van der Waals surface area contributed by atoms with E-state index in [9.17, 15) is 13.2 Å². The third kappa shape index (κ3) is 5.99. The van der Waals surface area contributed by atoms with Crippen LogP contribution in [0.2, 0.25) is 0 Å². The Morgan fingerprint density at radius 3 is 2.53 bits per heavy atom. The van der Waals surface area contributed by atoms with Gasteiger partial charge >= 0.3 is 6.18 Å². The van der Waals surface area contributed by atoms with Gasteiger partial charge in [-0.15, -0.1) is 0 Å². The van der Waals surface area contributed by atoms with Crippen LogP contribution in [0.1, 0.15) is 13.8 Å². The molecule has 1 rings (SSSR count). The van der Waals surface area contributed by atoms with Gasteiger partial charge < -0.3 is 10.1 Å². The highest BCUT2D eigenvalue weighted by molar-refractivity contribution is 5.41. The molecule has 0 saturated carbocycles. The molecule has 1 heterocycles. The van der Waals surface area contributed by atoms with Crippen LogP contribution in [-0.4, -0.2) is 24.3 Å². The van der Waals surface area contributed by atoms with Crippen molar-refractivity contribution in [3.63, 3.8) is 0 Å². The predicted octanol–water partition coefficient (Wildman–Crippen LogP) is 3.09. The first-order valence-electron chi connectivity index (χ1n) is 5.26. The van der Waals surface area contributed by atoms with E-state index in [1.54, 1.807) is 6.07 Å². The molecular weight excluding hydrogens is 233 g/mol. The second kappa shape index (κ2) is 5.75. The van der Waals surface area contributed by atoms with Crippen molar-refractivity contribution in [3.05, 3.63) is 18.3 Å². The van der Waals surface area contributed by atoms with Crippen molar-refractivity contribution in [3.8, 4) is 5.88 Å². The average molecular weight is 248 g/mol. The maximum atomic E-state index is 11.9. The molecule has 0 saturated heterocycles. The fourth-order valence-corrected chi connectivity index (χ4v) is 1.05. The van der Waals surface area contributed by atoms with Gasteiger partial charge in [0, 0.05) is 12.6 Å². The number of aromatic nitrogens is 1. The Labute approximate surface area is 98.0 Å². The minimum atomic E-state index is -4.34. The van der Waals surface area contributed by atoms with Gasteiger partial charge in [0.1, 0.15) is 0 Å². The number of halogens is 3. The number of nitrogens with one attached hydrogen (secondary N) is 1. The second-order valence-electron chi connectivity index (χ2n) is 4.06. The van der Waals surface area contributed by atoms with Crippen LogP contribution in [0.5, 0.6) is 5.88 Å². The van der Waals surface area contributed by atoms with E-state index in [1.807, 2.05) is 0 Å². The molecule has 96 valence electrons. The Hall–Kier alpha value is -1.46. The third-order valence-corrected chi connectivity index (χ3v) is 1.83. The number of rotatable bonds is 5. The highest BCUT2D eigenvalue weighted by Crippen LogP contribution is 2.18. The highest BCUT2D eigenvalue weighted by atomic mass is 19.4. The summed E-state index contributed by atoms with van der Waals surface area (Å²) in [6.45, 7) is 3.58. The Bertz CT molecular complexity index is 336. The highest BCUT2D eigenvalue weighted by Gasteiger charge is 2.28. The van der Waals surface area contributed by atoms with Gasteiger partial charge in [0.15, 0.2) is 6.61 Å². The molecule has 0 spiro atoms. The van der Waals surface area contributed by atoms with Gasteiger partial charge in [0.25, 0.3) is 0 Å². The van der Waals surface area contributed by atoms with E-state index in [0.717, 1.165) is 12.2 Å². The fraction of sp³-hybridized carbons (Fsp3) is 0.545. The van der Waals surface area contributed by atoms with E-state index < -0.39 is 12.8 Å². The summed E-state index contributed by atoms with van der Waals surface area (Å²) in [5.74, 6) is 0.452. The lowest BCUT2D eigenvalue weighted by Gasteiger charge is -2.10. The van der Waals surface area contributed by atoms with Crippen molar-refractivity contribution in [1.82, 2.24) is 4.98 Å². The van der Waals surface area contributed by atoms with Gasteiger partial charge in [0.2, 0.25) is 5.88 Å². The lowest BCUT2D eigenvalue weighted by Crippen LogP contribution is -2.19. The van der Waals surface area contributed by atoms with Crippen LogP contribution in [0, 0.1) is 5.92 Å². The predicted molar refractivity (Wildman–Crippen MR) is 59.1 cm³/mol. The molecule has 3 nitrogen and oxygen atoms in total. The summed E-state index contributed by atoms with van der Waals surface area (Å²) < 4.78 is 40.1. The van der Waals surface area contributed by atoms with Crippen LogP contribution in [0.3, 0.4) is 0 Å². The van der Waals surface area contributed by atoms with E-state index in [4.69, 9.17) is 0 Å². The van der Waals surface area contributed by atoms with Gasteiger partial charge in [-0.05, 0) is 12.0 Å². The third-order valence-electron chi connectivity index (χ3n) is 1.83. The minimum Gasteiger partial charge on any atom is -0.468 e. The van der Waals surface area contributed by atoms with Crippen LogP contribution in [0.4, 0.5) is 18.9 Å². The molecule has 0 atom stereocenters. The molecule has 0 bridgehead atoms. The molecule has 0 aliphatic rings. The standard InChI is InChI=1S/C11H15F3N2O/c1-8(2)5-15-9-3-4-10(16-6-9)17-7-11(12,13)14/h3-4,6,8,15H,5,7H2,1-2H3. The lowest BCUT2D eigenvalue weighted by molar-refractivity contribution is -0.154. The first kappa shape index (κ1) is 13.6. The summed E-state index contributed by atoms with van der Waals surface area (Å²) in [6.07, 6.45) is -2.88. The van der Waals surface area contributed by atoms with Crippen molar-refractivity contribution in [2.24, 2.45) is 5.92 Å². The molecule has 0 radical (unpaired) electrons. The van der Waals surface area contributed by atoms with Gasteiger partial charge in [-0.1, -0.05) is 13.8 Å². The molecule has 0 aromatic carbocycles. The first-order chi connectivity index (χ1) is 7.87. The number of hydrogen-bond acceptors (Lipinski definition) is 3.